The number of fused-ring (bicyclic) bond motifs is 1. The van der Waals surface area contributed by atoms with E-state index in [1.807, 2.05) is 16.6 Å². The van der Waals surface area contributed by atoms with Crippen LogP contribution in [0.5, 0.6) is 5.75 Å². The molecule has 6 heteroatoms. The summed E-state index contributed by atoms with van der Waals surface area (Å²) >= 11 is 1.55. The van der Waals surface area contributed by atoms with Crippen LogP contribution in [0.25, 0.3) is 4.96 Å². The molecule has 2 aromatic heterocycles. The van der Waals surface area contributed by atoms with Gasteiger partial charge >= 0.3 is 0 Å². The van der Waals surface area contributed by atoms with Crippen LogP contribution in [-0.4, -0.2) is 24.9 Å². The molecule has 0 spiro atoms. The van der Waals surface area contributed by atoms with Crippen LogP contribution in [0.2, 0.25) is 0 Å². The zero-order valence-electron chi connectivity index (χ0n) is 11.7. The third-order valence-electron chi connectivity index (χ3n) is 3.00. The molecule has 20 heavy (non-hydrogen) atoms. The van der Waals surface area contributed by atoms with Crippen LogP contribution in [0.4, 0.5) is 0 Å². The van der Waals surface area contributed by atoms with Gasteiger partial charge in [-0.1, -0.05) is 44.2 Å². The SMILES string of the molecule is CC(C)(C)c1nnc2sc(Cc3ccc(O)cc3)nn12. The molecule has 3 aromatic rings. The molecule has 104 valence electrons. The Morgan fingerprint density at radius 2 is 1.85 bits per heavy atom. The predicted molar refractivity (Wildman–Crippen MR) is 78.3 cm³/mol. The Morgan fingerprint density at radius 1 is 1.15 bits per heavy atom. The summed E-state index contributed by atoms with van der Waals surface area (Å²) in [5.41, 5.74) is 1.04. The van der Waals surface area contributed by atoms with Gasteiger partial charge in [0.05, 0.1) is 0 Å². The van der Waals surface area contributed by atoms with Crippen molar-refractivity contribution in [2.24, 2.45) is 0 Å². The minimum atomic E-state index is -0.0801. The van der Waals surface area contributed by atoms with Gasteiger partial charge in [0.2, 0.25) is 4.96 Å². The first kappa shape index (κ1) is 13.1. The van der Waals surface area contributed by atoms with Crippen LogP contribution in [0.15, 0.2) is 24.3 Å². The standard InChI is InChI=1S/C14H16N4OS/c1-14(2,3)12-15-16-13-18(12)17-11(20-13)8-9-4-6-10(19)7-5-9/h4-7,19H,8H2,1-3H3. The van der Waals surface area contributed by atoms with E-state index in [1.54, 1.807) is 23.5 Å². The maximum atomic E-state index is 9.29. The molecule has 1 aromatic carbocycles. The molecule has 0 atom stereocenters. The molecule has 0 amide bonds. The Hall–Kier alpha value is -1.95. The second kappa shape index (κ2) is 4.56. The van der Waals surface area contributed by atoms with Crippen molar-refractivity contribution in [2.45, 2.75) is 32.6 Å². The topological polar surface area (TPSA) is 63.3 Å². The molecular formula is C14H16N4OS. The Morgan fingerprint density at radius 3 is 2.50 bits per heavy atom. The van der Waals surface area contributed by atoms with Crippen LogP contribution in [0.3, 0.4) is 0 Å². The quantitative estimate of drug-likeness (QED) is 0.787. The number of hydrogen-bond donors (Lipinski definition) is 1. The third kappa shape index (κ3) is 2.38. The highest BCUT2D eigenvalue weighted by molar-refractivity contribution is 7.16. The normalized spacial score (nSPS) is 12.2. The summed E-state index contributed by atoms with van der Waals surface area (Å²) in [4.78, 5) is 0.823. The van der Waals surface area contributed by atoms with E-state index >= 15 is 0 Å². The fraction of sp³-hybridized carbons (Fsp3) is 0.357. The molecule has 5 nitrogen and oxygen atoms in total. The van der Waals surface area contributed by atoms with E-state index in [-0.39, 0.29) is 11.2 Å². The fourth-order valence-corrected chi connectivity index (χ4v) is 2.85. The average molecular weight is 288 g/mol. The number of phenolic OH excluding ortho intramolecular Hbond substituents is 1. The lowest BCUT2D eigenvalue weighted by molar-refractivity contribution is 0.475. The summed E-state index contributed by atoms with van der Waals surface area (Å²) in [5.74, 6) is 1.16. The monoisotopic (exact) mass is 288 g/mol. The van der Waals surface area contributed by atoms with Crippen LogP contribution in [0, 0.1) is 0 Å². The van der Waals surface area contributed by atoms with Gasteiger partial charge in [-0.05, 0) is 17.7 Å². The lowest BCUT2D eigenvalue weighted by Gasteiger charge is -2.13. The van der Waals surface area contributed by atoms with E-state index in [4.69, 9.17) is 0 Å². The van der Waals surface area contributed by atoms with Crippen LogP contribution in [-0.2, 0) is 11.8 Å². The molecule has 0 bridgehead atoms. The van der Waals surface area contributed by atoms with Crippen molar-refractivity contribution in [1.29, 1.82) is 0 Å². The van der Waals surface area contributed by atoms with E-state index in [9.17, 15) is 5.11 Å². The van der Waals surface area contributed by atoms with E-state index in [1.165, 1.54) is 0 Å². The van der Waals surface area contributed by atoms with Crippen molar-refractivity contribution in [3.8, 4) is 5.75 Å². The molecule has 3 rings (SSSR count). The molecule has 0 unspecified atom stereocenters. The van der Waals surface area contributed by atoms with Crippen molar-refractivity contribution in [2.75, 3.05) is 0 Å². The summed E-state index contributed by atoms with van der Waals surface area (Å²) in [6, 6.07) is 7.19. The van der Waals surface area contributed by atoms with Gasteiger partial charge in [-0.15, -0.1) is 10.2 Å². The van der Waals surface area contributed by atoms with E-state index in [0.29, 0.717) is 0 Å². The molecule has 2 heterocycles. The second-order valence-corrected chi connectivity index (χ2v) is 6.85. The van der Waals surface area contributed by atoms with Crippen LogP contribution < -0.4 is 0 Å². The van der Waals surface area contributed by atoms with Crippen molar-refractivity contribution in [3.63, 3.8) is 0 Å². The molecule has 0 aliphatic rings. The Bertz CT molecular complexity index is 737. The van der Waals surface area contributed by atoms with Gasteiger partial charge in [-0.25, -0.2) is 0 Å². The summed E-state index contributed by atoms with van der Waals surface area (Å²) in [7, 11) is 0. The van der Waals surface area contributed by atoms with Crippen LogP contribution in [0.1, 0.15) is 37.2 Å². The van der Waals surface area contributed by atoms with Gasteiger partial charge in [0.1, 0.15) is 10.8 Å². The largest absolute Gasteiger partial charge is 0.508 e. The van der Waals surface area contributed by atoms with E-state index in [2.05, 4.69) is 36.1 Å². The first-order chi connectivity index (χ1) is 9.43. The summed E-state index contributed by atoms with van der Waals surface area (Å²) in [6.45, 7) is 6.30. The van der Waals surface area contributed by atoms with Crippen molar-refractivity contribution in [1.82, 2.24) is 19.8 Å². The highest BCUT2D eigenvalue weighted by atomic mass is 32.1. The summed E-state index contributed by atoms with van der Waals surface area (Å²) in [5, 5.41) is 23.3. The Labute approximate surface area is 120 Å². The van der Waals surface area contributed by atoms with E-state index < -0.39 is 0 Å². The number of hydrogen-bond acceptors (Lipinski definition) is 5. The summed E-state index contributed by atoms with van der Waals surface area (Å²) in [6.07, 6.45) is 0.734. The Balaban J connectivity index is 1.93. The molecule has 0 radical (unpaired) electrons. The zero-order chi connectivity index (χ0) is 14.3. The minimum absolute atomic E-state index is 0.0801. The van der Waals surface area contributed by atoms with Gasteiger partial charge in [0.25, 0.3) is 0 Å². The highest BCUT2D eigenvalue weighted by Gasteiger charge is 2.23. The number of aromatic hydroxyl groups is 1. The molecule has 0 saturated carbocycles. The number of benzene rings is 1. The number of aromatic nitrogens is 4. The van der Waals surface area contributed by atoms with E-state index in [0.717, 1.165) is 27.8 Å². The predicted octanol–water partition coefficient (Wildman–Crippen LogP) is 2.78. The van der Waals surface area contributed by atoms with Crippen molar-refractivity contribution < 1.29 is 5.11 Å². The first-order valence-electron chi connectivity index (χ1n) is 6.43. The molecule has 0 aliphatic carbocycles. The zero-order valence-corrected chi connectivity index (χ0v) is 12.5. The molecule has 0 saturated heterocycles. The van der Waals surface area contributed by atoms with Gasteiger partial charge in [0.15, 0.2) is 5.82 Å². The highest BCUT2D eigenvalue weighted by Crippen LogP contribution is 2.24. The van der Waals surface area contributed by atoms with Crippen molar-refractivity contribution >= 4 is 16.3 Å². The number of phenols is 1. The molecule has 0 fully saturated rings. The maximum absolute atomic E-state index is 9.29. The molecular weight excluding hydrogens is 272 g/mol. The van der Waals surface area contributed by atoms with Gasteiger partial charge in [-0.2, -0.15) is 9.61 Å². The number of rotatable bonds is 2. The lowest BCUT2D eigenvalue weighted by Crippen LogP contribution is -2.16. The smallest absolute Gasteiger partial charge is 0.234 e. The Kier molecular flexibility index (Phi) is 2.97. The maximum Gasteiger partial charge on any atom is 0.234 e. The second-order valence-electron chi connectivity index (χ2n) is 5.81. The first-order valence-corrected chi connectivity index (χ1v) is 7.24. The van der Waals surface area contributed by atoms with Gasteiger partial charge in [-0.3, -0.25) is 0 Å². The third-order valence-corrected chi connectivity index (χ3v) is 3.89. The number of nitrogens with zero attached hydrogens (tertiary/aromatic N) is 4. The summed E-state index contributed by atoms with van der Waals surface area (Å²) < 4.78 is 1.83. The van der Waals surface area contributed by atoms with Crippen molar-refractivity contribution in [3.05, 3.63) is 40.7 Å². The molecule has 1 N–H and O–H groups in total. The molecule has 0 aliphatic heterocycles. The van der Waals surface area contributed by atoms with Gasteiger partial charge < -0.3 is 5.11 Å². The van der Waals surface area contributed by atoms with Gasteiger partial charge in [0, 0.05) is 11.8 Å². The minimum Gasteiger partial charge on any atom is -0.508 e. The lowest BCUT2D eigenvalue weighted by atomic mass is 9.96. The van der Waals surface area contributed by atoms with Crippen LogP contribution >= 0.6 is 11.3 Å². The average Bonchev–Trinajstić information content (AvgIpc) is 2.90. The fourth-order valence-electron chi connectivity index (χ4n) is 1.98.